The van der Waals surface area contributed by atoms with Crippen molar-refractivity contribution in [1.29, 1.82) is 0 Å². The van der Waals surface area contributed by atoms with Gasteiger partial charge in [0, 0.05) is 47.6 Å². The van der Waals surface area contributed by atoms with Crippen LogP contribution < -0.4 is 19.1 Å². The van der Waals surface area contributed by atoms with Crippen molar-refractivity contribution in [2.24, 2.45) is 0 Å². The number of halogens is 2. The molecule has 1 heterocycles. The lowest BCUT2D eigenvalue weighted by Gasteiger charge is -2.42. The van der Waals surface area contributed by atoms with Crippen LogP contribution in [0.3, 0.4) is 0 Å². The van der Waals surface area contributed by atoms with Gasteiger partial charge in [-0.25, -0.2) is 8.42 Å². The van der Waals surface area contributed by atoms with E-state index in [1.807, 2.05) is 36.4 Å². The van der Waals surface area contributed by atoms with Gasteiger partial charge in [-0.3, -0.25) is 9.62 Å². The molecule has 0 bridgehead atoms. The van der Waals surface area contributed by atoms with Crippen LogP contribution in [-0.2, 0) is 27.9 Å². The van der Waals surface area contributed by atoms with E-state index in [2.05, 4.69) is 20.6 Å². The van der Waals surface area contributed by atoms with Gasteiger partial charge in [-0.1, -0.05) is 41.4 Å². The average Bonchev–Trinajstić information content (AvgIpc) is 2.89. The summed E-state index contributed by atoms with van der Waals surface area (Å²) >= 11 is 12.6. The van der Waals surface area contributed by atoms with E-state index < -0.39 is 10.0 Å². The largest absolute Gasteiger partial charge is 0.493 e. The first-order chi connectivity index (χ1) is 18.6. The van der Waals surface area contributed by atoms with Crippen LogP contribution in [-0.4, -0.2) is 66.1 Å². The highest BCUT2D eigenvalue weighted by molar-refractivity contribution is 7.92. The van der Waals surface area contributed by atoms with Crippen molar-refractivity contribution in [1.82, 2.24) is 4.90 Å². The SMILES string of the molecule is COc1ccc(CN2CCN(c3cc(Cl)cc(Cl)c3)CC2COCc2ccc(NS(C)(=O)=O)cc2)cc1OC. The minimum Gasteiger partial charge on any atom is -0.493 e. The number of piperazine rings is 1. The van der Waals surface area contributed by atoms with E-state index in [-0.39, 0.29) is 6.04 Å². The maximum Gasteiger partial charge on any atom is 0.229 e. The molecule has 1 aliphatic heterocycles. The molecule has 4 rings (SSSR count). The van der Waals surface area contributed by atoms with Gasteiger partial charge < -0.3 is 19.1 Å². The zero-order chi connectivity index (χ0) is 28.0. The van der Waals surface area contributed by atoms with Crippen LogP contribution in [0.25, 0.3) is 0 Å². The highest BCUT2D eigenvalue weighted by Gasteiger charge is 2.28. The molecular weight excluding hydrogens is 561 g/mol. The van der Waals surface area contributed by atoms with Gasteiger partial charge in [-0.15, -0.1) is 0 Å². The van der Waals surface area contributed by atoms with Gasteiger partial charge in [0.2, 0.25) is 10.0 Å². The fourth-order valence-electron chi connectivity index (χ4n) is 4.62. The number of sulfonamides is 1. The maximum atomic E-state index is 11.5. The number of hydrogen-bond acceptors (Lipinski definition) is 7. The van der Waals surface area contributed by atoms with E-state index >= 15 is 0 Å². The molecule has 0 aliphatic carbocycles. The molecule has 0 radical (unpaired) electrons. The van der Waals surface area contributed by atoms with Gasteiger partial charge in [0.15, 0.2) is 11.5 Å². The van der Waals surface area contributed by atoms with Crippen LogP contribution in [0.15, 0.2) is 60.7 Å². The Morgan fingerprint density at radius 1 is 0.897 bits per heavy atom. The van der Waals surface area contributed by atoms with Crippen molar-refractivity contribution in [2.45, 2.75) is 19.2 Å². The fraction of sp³-hybridized carbons (Fsp3) is 0.357. The Labute approximate surface area is 240 Å². The van der Waals surface area contributed by atoms with Crippen molar-refractivity contribution >= 4 is 44.6 Å². The predicted octanol–water partition coefficient (Wildman–Crippen LogP) is 5.29. The van der Waals surface area contributed by atoms with Gasteiger partial charge in [0.25, 0.3) is 0 Å². The van der Waals surface area contributed by atoms with Crippen LogP contribution >= 0.6 is 23.2 Å². The number of nitrogens with one attached hydrogen (secondary N) is 1. The number of benzene rings is 3. The van der Waals surface area contributed by atoms with Gasteiger partial charge in [0.05, 0.1) is 39.7 Å². The molecule has 3 aromatic rings. The minimum absolute atomic E-state index is 0.0933. The van der Waals surface area contributed by atoms with Gasteiger partial charge in [-0.05, 0) is 53.6 Å². The predicted molar refractivity (Wildman–Crippen MR) is 157 cm³/mol. The van der Waals surface area contributed by atoms with E-state index in [1.165, 1.54) is 0 Å². The van der Waals surface area contributed by atoms with Crippen molar-refractivity contribution in [2.75, 3.05) is 56.3 Å². The van der Waals surface area contributed by atoms with Crippen LogP contribution in [0.4, 0.5) is 11.4 Å². The minimum atomic E-state index is -3.32. The summed E-state index contributed by atoms with van der Waals surface area (Å²) in [4.78, 5) is 4.69. The Morgan fingerprint density at radius 3 is 2.21 bits per heavy atom. The molecule has 0 spiro atoms. The lowest BCUT2D eigenvalue weighted by molar-refractivity contribution is 0.0412. The fourth-order valence-corrected chi connectivity index (χ4v) is 5.70. The molecule has 39 heavy (non-hydrogen) atoms. The Balaban J connectivity index is 1.46. The quantitative estimate of drug-likeness (QED) is 0.323. The lowest BCUT2D eigenvalue weighted by atomic mass is 10.1. The third kappa shape index (κ3) is 8.40. The molecule has 1 fully saturated rings. The zero-order valence-electron chi connectivity index (χ0n) is 22.2. The molecule has 1 aliphatic rings. The monoisotopic (exact) mass is 593 g/mol. The van der Waals surface area contributed by atoms with E-state index in [9.17, 15) is 8.42 Å². The number of anilines is 2. The van der Waals surface area contributed by atoms with E-state index in [0.29, 0.717) is 40.4 Å². The van der Waals surface area contributed by atoms with Crippen LogP contribution in [0.1, 0.15) is 11.1 Å². The summed E-state index contributed by atoms with van der Waals surface area (Å²) in [6, 6.07) is 18.8. The molecule has 1 saturated heterocycles. The Hall–Kier alpha value is -2.69. The van der Waals surface area contributed by atoms with Crippen LogP contribution in [0.5, 0.6) is 11.5 Å². The van der Waals surface area contributed by atoms with Gasteiger partial charge >= 0.3 is 0 Å². The molecule has 0 amide bonds. The first-order valence-corrected chi connectivity index (χ1v) is 15.1. The molecule has 8 nitrogen and oxygen atoms in total. The summed E-state index contributed by atoms with van der Waals surface area (Å²) in [6.07, 6.45) is 1.13. The third-order valence-electron chi connectivity index (χ3n) is 6.49. The molecule has 11 heteroatoms. The molecule has 1 atom stereocenters. The topological polar surface area (TPSA) is 80.3 Å². The molecule has 1 N–H and O–H groups in total. The second kappa shape index (κ2) is 13.1. The summed E-state index contributed by atoms with van der Waals surface area (Å²) in [5.74, 6) is 1.39. The zero-order valence-corrected chi connectivity index (χ0v) is 24.5. The number of nitrogens with zero attached hydrogens (tertiary/aromatic N) is 2. The van der Waals surface area contributed by atoms with Crippen molar-refractivity contribution in [3.8, 4) is 11.5 Å². The third-order valence-corrected chi connectivity index (χ3v) is 7.53. The highest BCUT2D eigenvalue weighted by Crippen LogP contribution is 2.30. The first kappa shape index (κ1) is 29.3. The summed E-state index contributed by atoms with van der Waals surface area (Å²) in [6.45, 7) is 4.00. The van der Waals surface area contributed by atoms with E-state index in [4.69, 9.17) is 37.4 Å². The molecule has 0 aromatic heterocycles. The van der Waals surface area contributed by atoms with Gasteiger partial charge in [-0.2, -0.15) is 0 Å². The molecule has 210 valence electrons. The maximum absolute atomic E-state index is 11.5. The average molecular weight is 595 g/mol. The normalized spacial score (nSPS) is 16.2. The van der Waals surface area contributed by atoms with Crippen molar-refractivity contribution in [3.63, 3.8) is 0 Å². The molecular formula is C28H33Cl2N3O5S. The summed E-state index contributed by atoms with van der Waals surface area (Å²) in [7, 11) is -0.0556. The Kier molecular flexibility index (Phi) is 9.85. The lowest BCUT2D eigenvalue weighted by Crippen LogP contribution is -2.54. The van der Waals surface area contributed by atoms with Crippen molar-refractivity contribution in [3.05, 3.63) is 81.8 Å². The van der Waals surface area contributed by atoms with E-state index in [1.54, 1.807) is 32.4 Å². The first-order valence-electron chi connectivity index (χ1n) is 12.4. The standard InChI is InChI=1S/C28H33Cl2N3O5S/c1-36-27-9-6-21(12-28(27)37-2)16-32-10-11-33(25-14-22(29)13-23(30)15-25)17-26(32)19-38-18-20-4-7-24(8-5-20)31-39(3,34)35/h4-9,12-15,26,31H,10-11,16-19H2,1-3H3. The number of methoxy groups -OCH3 is 2. The smallest absolute Gasteiger partial charge is 0.229 e. The number of hydrogen-bond donors (Lipinski definition) is 1. The summed E-state index contributed by atoms with van der Waals surface area (Å²) < 4.78 is 42.5. The second-order valence-electron chi connectivity index (χ2n) is 9.47. The molecule has 1 unspecified atom stereocenters. The summed E-state index contributed by atoms with van der Waals surface area (Å²) in [5, 5.41) is 1.21. The Bertz CT molecular complexity index is 1350. The number of ether oxygens (including phenoxy) is 3. The van der Waals surface area contributed by atoms with Crippen LogP contribution in [0.2, 0.25) is 10.0 Å². The molecule has 3 aromatic carbocycles. The number of rotatable bonds is 11. The van der Waals surface area contributed by atoms with Crippen molar-refractivity contribution < 1.29 is 22.6 Å². The summed E-state index contributed by atoms with van der Waals surface area (Å²) in [5.41, 5.74) is 3.57. The molecule has 0 saturated carbocycles. The van der Waals surface area contributed by atoms with Gasteiger partial charge in [0.1, 0.15) is 0 Å². The van der Waals surface area contributed by atoms with E-state index in [0.717, 1.165) is 49.2 Å². The highest BCUT2D eigenvalue weighted by atomic mass is 35.5. The second-order valence-corrected chi connectivity index (χ2v) is 12.1. The Morgan fingerprint density at radius 2 is 1.56 bits per heavy atom. The van der Waals surface area contributed by atoms with Crippen LogP contribution in [0, 0.1) is 0 Å².